The molecule has 0 saturated heterocycles. The number of nitrogens with two attached hydrogens (primary N) is 1. The van der Waals surface area contributed by atoms with Crippen molar-refractivity contribution in [2.75, 3.05) is 0 Å². The smallest absolute Gasteiger partial charge is 0.0273 e. The maximum atomic E-state index is 5.54. The van der Waals surface area contributed by atoms with Crippen molar-refractivity contribution in [3.05, 3.63) is 36.1 Å². The zero-order valence-electron chi connectivity index (χ0n) is 5.38. The first-order chi connectivity index (χ1) is 4.39. The largest absolute Gasteiger partial charge is 0.399 e. The molecule has 1 rings (SSSR count). The quantitative estimate of drug-likeness (QED) is 0.485. The van der Waals surface area contributed by atoms with E-state index in [9.17, 15) is 0 Å². The minimum absolute atomic E-state index is 0.874. The summed E-state index contributed by atoms with van der Waals surface area (Å²) in [5.41, 5.74) is 6.42. The topological polar surface area (TPSA) is 26.0 Å². The van der Waals surface area contributed by atoms with Gasteiger partial charge in [-0.15, -0.1) is 0 Å². The molecule has 0 aromatic heterocycles. The van der Waals surface area contributed by atoms with E-state index in [1.54, 1.807) is 0 Å². The van der Waals surface area contributed by atoms with Gasteiger partial charge in [-0.3, -0.25) is 0 Å². The average molecular weight is 121 g/mol. The SMILES string of the molecule is NC1=C/C/C=C\C/C=C\1. The van der Waals surface area contributed by atoms with Crippen molar-refractivity contribution in [1.29, 1.82) is 0 Å². The normalized spacial score (nSPS) is 31.3. The summed E-state index contributed by atoms with van der Waals surface area (Å²) in [5, 5.41) is 0. The van der Waals surface area contributed by atoms with Crippen LogP contribution in [0.1, 0.15) is 12.8 Å². The van der Waals surface area contributed by atoms with Crippen LogP contribution in [-0.4, -0.2) is 0 Å². The van der Waals surface area contributed by atoms with E-state index in [-0.39, 0.29) is 0 Å². The zero-order chi connectivity index (χ0) is 6.53. The highest BCUT2D eigenvalue weighted by Gasteiger charge is 1.82. The molecular weight excluding hydrogens is 110 g/mol. The van der Waals surface area contributed by atoms with E-state index < -0.39 is 0 Å². The van der Waals surface area contributed by atoms with Gasteiger partial charge in [-0.1, -0.05) is 24.3 Å². The molecule has 0 bridgehead atoms. The minimum atomic E-state index is 0.874. The number of hydrogen-bond acceptors (Lipinski definition) is 1. The van der Waals surface area contributed by atoms with Crippen LogP contribution in [0.2, 0.25) is 0 Å². The molecule has 0 aromatic carbocycles. The van der Waals surface area contributed by atoms with Gasteiger partial charge in [-0.05, 0) is 18.9 Å². The molecule has 1 aliphatic carbocycles. The summed E-state index contributed by atoms with van der Waals surface area (Å²) in [6, 6.07) is 0. The second-order valence-electron chi connectivity index (χ2n) is 2.05. The van der Waals surface area contributed by atoms with Gasteiger partial charge in [0.05, 0.1) is 0 Å². The van der Waals surface area contributed by atoms with Gasteiger partial charge >= 0.3 is 0 Å². The van der Waals surface area contributed by atoms with Crippen LogP contribution in [0.25, 0.3) is 0 Å². The number of allylic oxidation sites excluding steroid dienone is 5. The van der Waals surface area contributed by atoms with Crippen LogP contribution in [0.3, 0.4) is 0 Å². The van der Waals surface area contributed by atoms with E-state index in [2.05, 4.69) is 18.2 Å². The van der Waals surface area contributed by atoms with Crippen LogP contribution >= 0.6 is 0 Å². The Kier molecular flexibility index (Phi) is 2.13. The molecule has 0 saturated carbocycles. The summed E-state index contributed by atoms with van der Waals surface area (Å²) in [6.45, 7) is 0. The predicted molar refractivity (Wildman–Crippen MR) is 39.8 cm³/mol. The standard InChI is InChI=1S/C8H11N/c9-8-6-4-2-1-3-5-7-8/h1-2,5-7H,3-4,9H2/b2-1-,7-5-,8-6+. The van der Waals surface area contributed by atoms with Crippen LogP contribution in [0, 0.1) is 0 Å². The Balaban J connectivity index is 2.63. The lowest BCUT2D eigenvalue weighted by atomic mass is 10.2. The van der Waals surface area contributed by atoms with Crippen molar-refractivity contribution < 1.29 is 0 Å². The van der Waals surface area contributed by atoms with Crippen molar-refractivity contribution in [3.63, 3.8) is 0 Å². The van der Waals surface area contributed by atoms with Gasteiger partial charge in [0, 0.05) is 5.70 Å². The molecule has 48 valence electrons. The summed E-state index contributed by atoms with van der Waals surface area (Å²) >= 11 is 0. The first kappa shape index (κ1) is 6.14. The fourth-order valence-electron chi connectivity index (χ4n) is 0.747. The van der Waals surface area contributed by atoms with Crippen LogP contribution in [0.5, 0.6) is 0 Å². The molecule has 9 heavy (non-hydrogen) atoms. The van der Waals surface area contributed by atoms with Gasteiger partial charge in [0.1, 0.15) is 0 Å². The summed E-state index contributed by atoms with van der Waals surface area (Å²) in [7, 11) is 0. The Hall–Kier alpha value is -0.980. The van der Waals surface area contributed by atoms with Gasteiger partial charge in [0.2, 0.25) is 0 Å². The highest BCUT2D eigenvalue weighted by Crippen LogP contribution is 1.99. The molecule has 0 aliphatic heterocycles. The van der Waals surface area contributed by atoms with Crippen LogP contribution in [0.4, 0.5) is 0 Å². The Bertz CT molecular complexity index is 163. The van der Waals surface area contributed by atoms with Crippen molar-refractivity contribution >= 4 is 0 Å². The lowest BCUT2D eigenvalue weighted by molar-refractivity contribution is 1.23. The second kappa shape index (κ2) is 3.13. The third kappa shape index (κ3) is 2.17. The molecule has 0 fully saturated rings. The molecule has 0 unspecified atom stereocenters. The molecule has 0 spiro atoms. The molecule has 1 heteroatoms. The fraction of sp³-hybridized carbons (Fsp3) is 0.250. The maximum absolute atomic E-state index is 5.54. The minimum Gasteiger partial charge on any atom is -0.399 e. The maximum Gasteiger partial charge on any atom is 0.0273 e. The molecule has 0 amide bonds. The third-order valence-corrected chi connectivity index (χ3v) is 1.24. The number of rotatable bonds is 0. The van der Waals surface area contributed by atoms with Crippen molar-refractivity contribution in [2.24, 2.45) is 5.73 Å². The Morgan fingerprint density at radius 3 is 2.78 bits per heavy atom. The fourth-order valence-corrected chi connectivity index (χ4v) is 0.747. The van der Waals surface area contributed by atoms with Crippen LogP contribution in [0.15, 0.2) is 36.1 Å². The van der Waals surface area contributed by atoms with E-state index in [0.29, 0.717) is 0 Å². The van der Waals surface area contributed by atoms with Crippen molar-refractivity contribution in [3.8, 4) is 0 Å². The summed E-state index contributed by atoms with van der Waals surface area (Å²) < 4.78 is 0. The van der Waals surface area contributed by atoms with E-state index in [0.717, 1.165) is 18.5 Å². The molecule has 0 heterocycles. The van der Waals surface area contributed by atoms with Gasteiger partial charge < -0.3 is 5.73 Å². The molecule has 1 nitrogen and oxygen atoms in total. The molecule has 0 aromatic rings. The Labute approximate surface area is 55.6 Å². The van der Waals surface area contributed by atoms with Crippen molar-refractivity contribution in [1.82, 2.24) is 0 Å². The zero-order valence-corrected chi connectivity index (χ0v) is 5.38. The van der Waals surface area contributed by atoms with Gasteiger partial charge in [0.25, 0.3) is 0 Å². The molecular formula is C8H11N. The van der Waals surface area contributed by atoms with E-state index in [1.807, 2.05) is 12.2 Å². The van der Waals surface area contributed by atoms with E-state index in [1.165, 1.54) is 0 Å². The highest BCUT2D eigenvalue weighted by atomic mass is 14.5. The lowest BCUT2D eigenvalue weighted by Gasteiger charge is -1.93. The Morgan fingerprint density at radius 1 is 1.11 bits per heavy atom. The highest BCUT2D eigenvalue weighted by molar-refractivity contribution is 5.18. The summed E-state index contributed by atoms with van der Waals surface area (Å²) in [5.74, 6) is 0. The molecule has 1 aliphatic rings. The first-order valence-electron chi connectivity index (χ1n) is 3.17. The van der Waals surface area contributed by atoms with Gasteiger partial charge in [-0.2, -0.15) is 0 Å². The molecule has 0 atom stereocenters. The van der Waals surface area contributed by atoms with Crippen molar-refractivity contribution in [2.45, 2.75) is 12.8 Å². The van der Waals surface area contributed by atoms with E-state index in [4.69, 9.17) is 5.73 Å². The first-order valence-corrected chi connectivity index (χ1v) is 3.17. The third-order valence-electron chi connectivity index (χ3n) is 1.24. The van der Waals surface area contributed by atoms with E-state index >= 15 is 0 Å². The number of hydrogen-bond donors (Lipinski definition) is 1. The van der Waals surface area contributed by atoms with Crippen LogP contribution in [-0.2, 0) is 0 Å². The average Bonchev–Trinajstić information content (AvgIpc) is 1.79. The summed E-state index contributed by atoms with van der Waals surface area (Å²) in [6.07, 6.45) is 12.2. The van der Waals surface area contributed by atoms with Gasteiger partial charge in [0.15, 0.2) is 0 Å². The van der Waals surface area contributed by atoms with Crippen LogP contribution < -0.4 is 5.73 Å². The Morgan fingerprint density at radius 2 is 1.89 bits per heavy atom. The van der Waals surface area contributed by atoms with Gasteiger partial charge in [-0.25, -0.2) is 0 Å². The lowest BCUT2D eigenvalue weighted by Crippen LogP contribution is -1.92. The summed E-state index contributed by atoms with van der Waals surface area (Å²) in [4.78, 5) is 0. The second-order valence-corrected chi connectivity index (χ2v) is 2.05. The predicted octanol–water partition coefficient (Wildman–Crippen LogP) is 1.74. The monoisotopic (exact) mass is 121 g/mol. The molecule has 0 radical (unpaired) electrons. The molecule has 2 N–H and O–H groups in total.